The van der Waals surface area contributed by atoms with Gasteiger partial charge in [-0.15, -0.1) is 0 Å². The van der Waals surface area contributed by atoms with E-state index in [9.17, 15) is 9.59 Å². The van der Waals surface area contributed by atoms with Gasteiger partial charge in [-0.1, -0.05) is 36.4 Å². The van der Waals surface area contributed by atoms with Crippen molar-refractivity contribution in [3.63, 3.8) is 0 Å². The fraction of sp³-hybridized carbons (Fsp3) is 0.182. The van der Waals surface area contributed by atoms with Crippen molar-refractivity contribution >= 4 is 39.6 Å². The minimum Gasteiger partial charge on any atom is -0.479 e. The molecule has 0 saturated carbocycles. The van der Waals surface area contributed by atoms with Crippen LogP contribution in [0, 0.1) is 0 Å². The Balaban J connectivity index is 1.48. The summed E-state index contributed by atoms with van der Waals surface area (Å²) in [6.07, 6.45) is -0.517. The molecule has 142 valence electrons. The van der Waals surface area contributed by atoms with Crippen molar-refractivity contribution in [2.45, 2.75) is 26.0 Å². The predicted molar refractivity (Wildman–Crippen MR) is 111 cm³/mol. The van der Waals surface area contributed by atoms with Crippen LogP contribution in [0.3, 0.4) is 0 Å². The lowest BCUT2D eigenvalue weighted by Gasteiger charge is -2.24. The highest BCUT2D eigenvalue weighted by Gasteiger charge is 2.24. The third-order valence-corrected chi connectivity index (χ3v) is 4.73. The van der Waals surface area contributed by atoms with Crippen LogP contribution in [0.15, 0.2) is 60.7 Å². The quantitative estimate of drug-likeness (QED) is 0.644. The highest BCUT2D eigenvalue weighted by molar-refractivity contribution is 6.04. The molecular weight excluding hydrogens is 354 g/mol. The van der Waals surface area contributed by atoms with Crippen LogP contribution >= 0.6 is 0 Å². The van der Waals surface area contributed by atoms with E-state index in [0.717, 1.165) is 22.1 Å². The molecule has 3 aromatic carbocycles. The Morgan fingerprint density at radius 3 is 2.75 bits per heavy atom. The normalized spacial score (nSPS) is 16.5. The molecule has 6 nitrogen and oxygen atoms in total. The van der Waals surface area contributed by atoms with E-state index in [1.807, 2.05) is 48.5 Å². The maximum absolute atomic E-state index is 12.7. The van der Waals surface area contributed by atoms with Crippen molar-refractivity contribution in [3.8, 4) is 5.75 Å². The van der Waals surface area contributed by atoms with E-state index >= 15 is 0 Å². The summed E-state index contributed by atoms with van der Waals surface area (Å²) in [6, 6.07) is 18.6. The van der Waals surface area contributed by atoms with Crippen molar-refractivity contribution in [3.05, 3.63) is 60.7 Å². The van der Waals surface area contributed by atoms with Crippen LogP contribution in [0.5, 0.6) is 5.75 Å². The summed E-state index contributed by atoms with van der Waals surface area (Å²) in [6.45, 7) is 3.49. The van der Waals surface area contributed by atoms with Crippen LogP contribution in [0.4, 0.5) is 17.1 Å². The third-order valence-electron chi connectivity index (χ3n) is 4.73. The molecule has 2 atom stereocenters. The Bertz CT molecular complexity index is 1060. The smallest absolute Gasteiger partial charge is 0.265 e. The van der Waals surface area contributed by atoms with E-state index in [1.165, 1.54) is 0 Å². The lowest BCUT2D eigenvalue weighted by Crippen LogP contribution is -2.34. The zero-order valence-electron chi connectivity index (χ0n) is 15.7. The van der Waals surface area contributed by atoms with Gasteiger partial charge in [0, 0.05) is 16.8 Å². The number of nitrogens with one attached hydrogen (secondary N) is 3. The van der Waals surface area contributed by atoms with Gasteiger partial charge in [0.05, 0.1) is 5.69 Å². The SMILES string of the molecule is CC(Nc1ccc2c(c1)NC(=O)C(C)O2)C(=O)Nc1cccc2ccccc12. The van der Waals surface area contributed by atoms with Gasteiger partial charge >= 0.3 is 0 Å². The van der Waals surface area contributed by atoms with E-state index in [0.29, 0.717) is 11.4 Å². The first kappa shape index (κ1) is 17.9. The molecule has 3 aromatic rings. The number of carbonyl (C=O) groups is 2. The first-order valence-corrected chi connectivity index (χ1v) is 9.18. The zero-order valence-corrected chi connectivity index (χ0v) is 15.7. The fourth-order valence-electron chi connectivity index (χ4n) is 3.19. The van der Waals surface area contributed by atoms with E-state index < -0.39 is 12.1 Å². The zero-order chi connectivity index (χ0) is 19.7. The number of carbonyl (C=O) groups excluding carboxylic acids is 2. The van der Waals surface area contributed by atoms with E-state index in [-0.39, 0.29) is 11.8 Å². The molecule has 28 heavy (non-hydrogen) atoms. The molecule has 0 bridgehead atoms. The second-order valence-corrected chi connectivity index (χ2v) is 6.84. The molecule has 6 heteroatoms. The van der Waals surface area contributed by atoms with Crippen LogP contribution in [-0.2, 0) is 9.59 Å². The minimum atomic E-state index is -0.517. The molecule has 3 N–H and O–H groups in total. The highest BCUT2D eigenvalue weighted by atomic mass is 16.5. The molecule has 0 fully saturated rings. The Morgan fingerprint density at radius 1 is 1.11 bits per heavy atom. The van der Waals surface area contributed by atoms with Crippen LogP contribution in [0.2, 0.25) is 0 Å². The molecule has 0 saturated heterocycles. The van der Waals surface area contributed by atoms with Gasteiger partial charge < -0.3 is 20.7 Å². The Labute approximate surface area is 162 Å². The van der Waals surface area contributed by atoms with Crippen molar-refractivity contribution < 1.29 is 14.3 Å². The maximum atomic E-state index is 12.7. The lowest BCUT2D eigenvalue weighted by molar-refractivity contribution is -0.122. The van der Waals surface area contributed by atoms with Gasteiger partial charge in [-0.3, -0.25) is 9.59 Å². The number of benzene rings is 3. The largest absolute Gasteiger partial charge is 0.479 e. The van der Waals surface area contributed by atoms with Crippen molar-refractivity contribution in [1.29, 1.82) is 0 Å². The summed E-state index contributed by atoms with van der Waals surface area (Å²) < 4.78 is 5.55. The molecule has 0 aliphatic carbocycles. The minimum absolute atomic E-state index is 0.150. The van der Waals surface area contributed by atoms with Crippen LogP contribution in [0.25, 0.3) is 10.8 Å². The van der Waals surface area contributed by atoms with Gasteiger partial charge in [-0.25, -0.2) is 0 Å². The van der Waals surface area contributed by atoms with Crippen LogP contribution in [0.1, 0.15) is 13.8 Å². The standard InChI is InChI=1S/C22H21N3O3/c1-13(21(26)24-18-9-5-7-15-6-3-4-8-17(15)18)23-16-10-11-20-19(12-16)25-22(27)14(2)28-20/h3-14,23H,1-2H3,(H,24,26)(H,25,27). The van der Waals surface area contributed by atoms with Gasteiger partial charge in [0.2, 0.25) is 5.91 Å². The molecule has 0 aromatic heterocycles. The molecular formula is C22H21N3O3. The molecule has 1 aliphatic rings. The predicted octanol–water partition coefficient (Wildman–Crippen LogP) is 4.00. The highest BCUT2D eigenvalue weighted by Crippen LogP contribution is 2.32. The monoisotopic (exact) mass is 375 g/mol. The molecule has 2 unspecified atom stereocenters. The Morgan fingerprint density at radius 2 is 1.89 bits per heavy atom. The number of rotatable bonds is 4. The number of fused-ring (bicyclic) bond motifs is 2. The number of hydrogen-bond acceptors (Lipinski definition) is 4. The summed E-state index contributed by atoms with van der Waals surface area (Å²) in [5.74, 6) is 0.278. The fourth-order valence-corrected chi connectivity index (χ4v) is 3.19. The number of anilines is 3. The van der Waals surface area contributed by atoms with Gasteiger partial charge in [0.25, 0.3) is 5.91 Å². The first-order chi connectivity index (χ1) is 13.5. The summed E-state index contributed by atoms with van der Waals surface area (Å²) >= 11 is 0. The van der Waals surface area contributed by atoms with E-state index in [1.54, 1.807) is 26.0 Å². The van der Waals surface area contributed by atoms with Crippen molar-refractivity contribution in [2.24, 2.45) is 0 Å². The molecule has 4 rings (SSSR count). The van der Waals surface area contributed by atoms with Crippen molar-refractivity contribution in [2.75, 3.05) is 16.0 Å². The van der Waals surface area contributed by atoms with E-state index in [2.05, 4.69) is 16.0 Å². The summed E-state index contributed by atoms with van der Waals surface area (Å²) in [4.78, 5) is 24.5. The number of hydrogen-bond donors (Lipinski definition) is 3. The maximum Gasteiger partial charge on any atom is 0.265 e. The molecule has 1 aliphatic heterocycles. The topological polar surface area (TPSA) is 79.5 Å². The molecule has 0 spiro atoms. The molecule has 2 amide bonds. The molecule has 1 heterocycles. The summed E-state index contributed by atoms with van der Waals surface area (Å²) in [5, 5.41) is 11.0. The van der Waals surface area contributed by atoms with Crippen molar-refractivity contribution in [1.82, 2.24) is 0 Å². The van der Waals surface area contributed by atoms with E-state index in [4.69, 9.17) is 4.74 Å². The summed E-state index contributed by atoms with van der Waals surface area (Å²) in [5.41, 5.74) is 2.09. The average Bonchev–Trinajstić information content (AvgIpc) is 2.69. The average molecular weight is 375 g/mol. The molecule has 0 radical (unpaired) electrons. The third kappa shape index (κ3) is 3.49. The van der Waals surface area contributed by atoms with Gasteiger partial charge in [-0.05, 0) is 43.5 Å². The first-order valence-electron chi connectivity index (χ1n) is 9.18. The van der Waals surface area contributed by atoms with Crippen LogP contribution in [-0.4, -0.2) is 24.0 Å². The number of amides is 2. The van der Waals surface area contributed by atoms with Gasteiger partial charge in [0.1, 0.15) is 11.8 Å². The van der Waals surface area contributed by atoms with Gasteiger partial charge in [0.15, 0.2) is 6.10 Å². The Hall–Kier alpha value is -3.54. The number of ether oxygens (including phenoxy) is 1. The Kier molecular flexibility index (Phi) is 4.61. The van der Waals surface area contributed by atoms with Crippen LogP contribution < -0.4 is 20.7 Å². The summed E-state index contributed by atoms with van der Waals surface area (Å²) in [7, 11) is 0. The van der Waals surface area contributed by atoms with Gasteiger partial charge in [-0.2, -0.15) is 0 Å². The lowest BCUT2D eigenvalue weighted by atomic mass is 10.1. The second kappa shape index (κ2) is 7.23. The second-order valence-electron chi connectivity index (χ2n) is 6.84.